The Labute approximate surface area is 172 Å². The summed E-state index contributed by atoms with van der Waals surface area (Å²) in [4.78, 5) is 27.4. The second-order valence-corrected chi connectivity index (χ2v) is 6.59. The summed E-state index contributed by atoms with van der Waals surface area (Å²) in [6, 6.07) is 8.07. The van der Waals surface area contributed by atoms with Crippen LogP contribution in [0.4, 0.5) is 11.4 Å². The Bertz CT molecular complexity index is 995. The predicted molar refractivity (Wildman–Crippen MR) is 106 cm³/mol. The molecule has 0 saturated carbocycles. The van der Waals surface area contributed by atoms with Gasteiger partial charge in [-0.1, -0.05) is 5.22 Å². The average Bonchev–Trinajstić information content (AvgIpc) is 3.32. The third-order valence-corrected chi connectivity index (χ3v) is 4.98. The Morgan fingerprint density at radius 3 is 1.63 bits per heavy atom. The minimum atomic E-state index is -0.952. The van der Waals surface area contributed by atoms with Crippen molar-refractivity contribution in [3.05, 3.63) is 36.4 Å². The first kappa shape index (κ1) is 19.5. The number of fused-ring (bicyclic) bond motifs is 1. The molecule has 0 N–H and O–H groups in total. The molecule has 30 heavy (non-hydrogen) atoms. The van der Waals surface area contributed by atoms with E-state index in [2.05, 4.69) is 10.3 Å². The monoisotopic (exact) mass is 412 g/mol. The maximum atomic E-state index is 13.3. The van der Waals surface area contributed by atoms with E-state index in [-0.39, 0.29) is 0 Å². The molecule has 156 valence electrons. The number of hydrogen-bond donors (Lipinski definition) is 0. The van der Waals surface area contributed by atoms with E-state index in [0.29, 0.717) is 34.4 Å². The highest BCUT2D eigenvalue weighted by Gasteiger charge is 2.55. The van der Waals surface area contributed by atoms with Crippen LogP contribution in [-0.2, 0) is 9.59 Å². The van der Waals surface area contributed by atoms with Gasteiger partial charge in [-0.3, -0.25) is 9.59 Å². The topological polar surface area (TPSA) is 102 Å². The number of ether oxygens (including phenoxy) is 4. The fourth-order valence-electron chi connectivity index (χ4n) is 3.47. The molecule has 2 aliphatic rings. The van der Waals surface area contributed by atoms with Crippen molar-refractivity contribution in [2.45, 2.75) is 12.1 Å². The molecule has 4 rings (SSSR count). The summed E-state index contributed by atoms with van der Waals surface area (Å²) >= 11 is 0. The lowest BCUT2D eigenvalue weighted by Crippen LogP contribution is -2.40. The Balaban J connectivity index is 1.72. The van der Waals surface area contributed by atoms with Gasteiger partial charge in [-0.2, -0.15) is 5.11 Å². The summed E-state index contributed by atoms with van der Waals surface area (Å²) in [5.74, 6) is 1.04. The van der Waals surface area contributed by atoms with E-state index in [9.17, 15) is 9.59 Å². The van der Waals surface area contributed by atoms with Gasteiger partial charge in [-0.05, 0) is 0 Å². The van der Waals surface area contributed by atoms with E-state index in [1.165, 1.54) is 33.4 Å². The van der Waals surface area contributed by atoms with Crippen molar-refractivity contribution in [2.24, 2.45) is 10.3 Å². The van der Waals surface area contributed by atoms with Gasteiger partial charge in [0.1, 0.15) is 23.0 Å². The summed E-state index contributed by atoms with van der Waals surface area (Å²) < 4.78 is 21.1. The minimum Gasteiger partial charge on any atom is -0.497 e. The van der Waals surface area contributed by atoms with Gasteiger partial charge in [0.05, 0.1) is 39.8 Å². The highest BCUT2D eigenvalue weighted by atomic mass is 16.5. The predicted octanol–water partition coefficient (Wildman–Crippen LogP) is 2.22. The van der Waals surface area contributed by atoms with E-state index >= 15 is 0 Å². The number of nitrogens with zero attached hydrogens (tertiary/aromatic N) is 4. The molecule has 1 saturated heterocycles. The zero-order chi connectivity index (χ0) is 21.4. The molecule has 10 nitrogen and oxygen atoms in total. The van der Waals surface area contributed by atoms with E-state index in [0.717, 1.165) is 4.90 Å². The lowest BCUT2D eigenvalue weighted by molar-refractivity contribution is -0.121. The SMILES string of the molecule is COc1cc(OC)cc(N2C(=O)[C@@H]3N=NN(c4cc(OC)cc(OC)c4)[C@H]3C2=O)c1. The first-order valence-electron chi connectivity index (χ1n) is 9.04. The van der Waals surface area contributed by atoms with Crippen molar-refractivity contribution < 1.29 is 28.5 Å². The van der Waals surface area contributed by atoms with Crippen molar-refractivity contribution in [1.82, 2.24) is 0 Å². The second-order valence-electron chi connectivity index (χ2n) is 6.59. The third-order valence-electron chi connectivity index (χ3n) is 4.98. The Morgan fingerprint density at radius 2 is 1.17 bits per heavy atom. The zero-order valence-corrected chi connectivity index (χ0v) is 16.9. The van der Waals surface area contributed by atoms with E-state index in [1.54, 1.807) is 36.4 Å². The fourth-order valence-corrected chi connectivity index (χ4v) is 3.47. The molecule has 10 heteroatoms. The highest BCUT2D eigenvalue weighted by Crippen LogP contribution is 2.39. The van der Waals surface area contributed by atoms with Gasteiger partial charge in [0.2, 0.25) is 0 Å². The van der Waals surface area contributed by atoms with E-state index < -0.39 is 23.9 Å². The van der Waals surface area contributed by atoms with Crippen LogP contribution < -0.4 is 28.9 Å². The Morgan fingerprint density at radius 1 is 0.700 bits per heavy atom. The molecule has 0 aromatic heterocycles. The number of hydrogen-bond acceptors (Lipinski definition) is 9. The van der Waals surface area contributed by atoms with Crippen LogP contribution in [0, 0.1) is 0 Å². The molecule has 2 aliphatic heterocycles. The fraction of sp³-hybridized carbons (Fsp3) is 0.300. The average molecular weight is 412 g/mol. The van der Waals surface area contributed by atoms with Gasteiger partial charge >= 0.3 is 0 Å². The van der Waals surface area contributed by atoms with Crippen molar-refractivity contribution >= 4 is 23.2 Å². The third kappa shape index (κ3) is 3.06. The van der Waals surface area contributed by atoms with Gasteiger partial charge in [0, 0.05) is 36.4 Å². The number of imide groups is 1. The van der Waals surface area contributed by atoms with Crippen LogP contribution >= 0.6 is 0 Å². The van der Waals surface area contributed by atoms with Gasteiger partial charge in [-0.15, -0.1) is 0 Å². The molecule has 0 spiro atoms. The molecular formula is C20H20N4O6. The molecule has 2 atom stereocenters. The number of rotatable bonds is 6. The van der Waals surface area contributed by atoms with Crippen LogP contribution in [0.1, 0.15) is 0 Å². The molecule has 2 amide bonds. The number of methoxy groups -OCH3 is 4. The van der Waals surface area contributed by atoms with Gasteiger partial charge < -0.3 is 18.9 Å². The van der Waals surface area contributed by atoms with Crippen molar-refractivity contribution in [3.63, 3.8) is 0 Å². The maximum Gasteiger partial charge on any atom is 0.263 e. The van der Waals surface area contributed by atoms with Gasteiger partial charge in [0.15, 0.2) is 12.1 Å². The summed E-state index contributed by atoms with van der Waals surface area (Å²) in [5.41, 5.74) is 0.864. The van der Waals surface area contributed by atoms with Crippen molar-refractivity contribution in [3.8, 4) is 23.0 Å². The van der Waals surface area contributed by atoms with Crippen LogP contribution in [0.15, 0.2) is 46.7 Å². The smallest absolute Gasteiger partial charge is 0.263 e. The molecule has 2 heterocycles. The van der Waals surface area contributed by atoms with Crippen LogP contribution in [0.2, 0.25) is 0 Å². The van der Waals surface area contributed by atoms with E-state index in [1.807, 2.05) is 0 Å². The Kier molecular flexibility index (Phi) is 4.90. The summed E-state index contributed by atoms with van der Waals surface area (Å²) in [6.45, 7) is 0. The molecule has 0 radical (unpaired) electrons. The normalized spacial score (nSPS) is 19.9. The van der Waals surface area contributed by atoms with E-state index in [4.69, 9.17) is 18.9 Å². The number of anilines is 2. The summed E-state index contributed by atoms with van der Waals surface area (Å²) in [6.07, 6.45) is 0. The first-order chi connectivity index (χ1) is 14.5. The number of carbonyl (C=O) groups excluding carboxylic acids is 2. The second kappa shape index (κ2) is 7.54. The summed E-state index contributed by atoms with van der Waals surface area (Å²) in [5, 5.41) is 9.53. The van der Waals surface area contributed by atoms with Crippen LogP contribution in [-0.4, -0.2) is 52.3 Å². The standard InChI is InChI=1S/C20H20N4O6/c1-27-13-5-11(6-14(9-13)28-2)23-19(25)17-18(20(23)26)24(22-21-17)12-7-15(29-3)10-16(8-12)30-4/h5-10,17-18H,1-4H3/t17-,18-/m1/s1. The molecule has 1 fully saturated rings. The van der Waals surface area contributed by atoms with Crippen molar-refractivity contribution in [1.29, 1.82) is 0 Å². The number of carbonyl (C=O) groups is 2. The molecule has 0 aliphatic carbocycles. The Hall–Kier alpha value is -3.82. The quantitative estimate of drug-likeness (QED) is 0.671. The lowest BCUT2D eigenvalue weighted by Gasteiger charge is -2.22. The largest absolute Gasteiger partial charge is 0.497 e. The van der Waals surface area contributed by atoms with Crippen LogP contribution in [0.25, 0.3) is 0 Å². The molecule has 0 bridgehead atoms. The molecular weight excluding hydrogens is 392 g/mol. The van der Waals surface area contributed by atoms with Gasteiger partial charge in [0.25, 0.3) is 11.8 Å². The van der Waals surface area contributed by atoms with Crippen LogP contribution in [0.3, 0.4) is 0 Å². The van der Waals surface area contributed by atoms with Gasteiger partial charge in [-0.25, -0.2) is 9.91 Å². The highest BCUT2D eigenvalue weighted by molar-refractivity contribution is 6.26. The molecule has 2 aromatic rings. The summed E-state index contributed by atoms with van der Waals surface area (Å²) in [7, 11) is 6.03. The maximum absolute atomic E-state index is 13.3. The lowest BCUT2D eigenvalue weighted by atomic mass is 10.1. The van der Waals surface area contributed by atoms with Crippen LogP contribution in [0.5, 0.6) is 23.0 Å². The van der Waals surface area contributed by atoms with Crippen molar-refractivity contribution in [2.75, 3.05) is 38.3 Å². The minimum absolute atomic E-state index is 0.342. The molecule has 0 unspecified atom stereocenters. The molecule has 2 aromatic carbocycles. The first-order valence-corrected chi connectivity index (χ1v) is 9.04. The number of benzene rings is 2. The zero-order valence-electron chi connectivity index (χ0n) is 16.9. The number of amides is 2.